The van der Waals surface area contributed by atoms with E-state index in [0.717, 1.165) is 4.90 Å². The molecule has 3 amide bonds. The molecule has 6 nitrogen and oxygen atoms in total. The Morgan fingerprint density at radius 3 is 2.45 bits per heavy atom. The van der Waals surface area contributed by atoms with Gasteiger partial charge in [-0.3, -0.25) is 19.3 Å². The van der Waals surface area contributed by atoms with Gasteiger partial charge in [0.25, 0.3) is 5.91 Å². The molecule has 1 atom stereocenters. The molecule has 152 valence electrons. The fraction of sp³-hybridized carbons (Fsp3) is 0.250. The Labute approximate surface area is 164 Å². The van der Waals surface area contributed by atoms with E-state index in [-0.39, 0.29) is 23.4 Å². The first-order valence-corrected chi connectivity index (χ1v) is 8.94. The predicted molar refractivity (Wildman–Crippen MR) is 102 cm³/mol. The van der Waals surface area contributed by atoms with Gasteiger partial charge in [0, 0.05) is 0 Å². The molecule has 0 saturated carbocycles. The molecule has 3 rings (SSSR count). The third kappa shape index (κ3) is 4.08. The summed E-state index contributed by atoms with van der Waals surface area (Å²) in [6.45, 7) is 1.82. The van der Waals surface area contributed by atoms with Crippen molar-refractivity contribution in [2.45, 2.75) is 32.0 Å². The molecule has 2 aromatic rings. The summed E-state index contributed by atoms with van der Waals surface area (Å²) in [6, 6.07) is 11.0. The van der Waals surface area contributed by atoms with Gasteiger partial charge in [-0.05, 0) is 30.7 Å². The second-order valence-corrected chi connectivity index (χ2v) is 6.48. The van der Waals surface area contributed by atoms with E-state index >= 15 is 0 Å². The number of rotatable bonds is 4. The molecule has 1 heterocycles. The number of halogens is 3. The Bertz CT molecular complexity index is 959. The van der Waals surface area contributed by atoms with E-state index in [1.807, 2.05) is 6.92 Å². The number of fused-ring (bicyclic) bond motifs is 1. The van der Waals surface area contributed by atoms with E-state index in [1.165, 1.54) is 30.3 Å². The minimum atomic E-state index is -5.09. The Morgan fingerprint density at radius 2 is 1.76 bits per heavy atom. The molecule has 29 heavy (non-hydrogen) atoms. The molecule has 9 heteroatoms. The standard InChI is InChI=1S/C20H18F3N3O3/c1-2-7-16-17(27)24-13-9-4-3-8-12(13)18(28)26(16)15-11-6-5-10-14(15)25-19(29)20(21,22)23/h3-6,8-11,16H,2,7H2,1H3,(H,24,27)(H,25,29). The van der Waals surface area contributed by atoms with Gasteiger partial charge < -0.3 is 10.6 Å². The summed E-state index contributed by atoms with van der Waals surface area (Å²) in [6.07, 6.45) is -4.26. The van der Waals surface area contributed by atoms with Crippen molar-refractivity contribution in [3.63, 3.8) is 0 Å². The zero-order valence-electron chi connectivity index (χ0n) is 15.4. The van der Waals surface area contributed by atoms with E-state index in [0.29, 0.717) is 12.1 Å². The highest BCUT2D eigenvalue weighted by molar-refractivity contribution is 6.19. The monoisotopic (exact) mass is 405 g/mol. The van der Waals surface area contributed by atoms with Crippen LogP contribution in [0.3, 0.4) is 0 Å². The maximum atomic E-state index is 13.3. The Hall–Kier alpha value is -3.36. The van der Waals surface area contributed by atoms with Crippen molar-refractivity contribution in [2.75, 3.05) is 15.5 Å². The van der Waals surface area contributed by atoms with Crippen LogP contribution in [0.15, 0.2) is 48.5 Å². The van der Waals surface area contributed by atoms with Crippen molar-refractivity contribution in [3.05, 3.63) is 54.1 Å². The number of hydrogen-bond acceptors (Lipinski definition) is 3. The zero-order chi connectivity index (χ0) is 21.2. The quantitative estimate of drug-likeness (QED) is 0.808. The first-order valence-electron chi connectivity index (χ1n) is 8.94. The molecule has 0 radical (unpaired) electrons. The van der Waals surface area contributed by atoms with Crippen LogP contribution in [-0.2, 0) is 9.59 Å². The van der Waals surface area contributed by atoms with Crippen LogP contribution in [-0.4, -0.2) is 29.9 Å². The topological polar surface area (TPSA) is 78.5 Å². The summed E-state index contributed by atoms with van der Waals surface area (Å²) in [5, 5.41) is 4.50. The van der Waals surface area contributed by atoms with Crippen LogP contribution in [0.4, 0.5) is 30.2 Å². The maximum Gasteiger partial charge on any atom is 0.471 e. The smallest absolute Gasteiger partial charge is 0.324 e. The van der Waals surface area contributed by atoms with Crippen molar-refractivity contribution in [1.29, 1.82) is 0 Å². The van der Waals surface area contributed by atoms with Crippen molar-refractivity contribution in [2.24, 2.45) is 0 Å². The summed E-state index contributed by atoms with van der Waals surface area (Å²) in [7, 11) is 0. The molecular formula is C20H18F3N3O3. The van der Waals surface area contributed by atoms with E-state index in [1.54, 1.807) is 23.5 Å². The third-order valence-corrected chi connectivity index (χ3v) is 4.48. The number of benzene rings is 2. The normalized spacial score (nSPS) is 16.7. The number of alkyl halides is 3. The van der Waals surface area contributed by atoms with Crippen LogP contribution in [0, 0.1) is 0 Å². The highest BCUT2D eigenvalue weighted by Crippen LogP contribution is 2.34. The number of carbonyl (C=O) groups excluding carboxylic acids is 3. The van der Waals surface area contributed by atoms with Crippen molar-refractivity contribution >= 4 is 34.8 Å². The van der Waals surface area contributed by atoms with E-state index in [9.17, 15) is 27.6 Å². The average Bonchev–Trinajstić information content (AvgIpc) is 2.77. The van der Waals surface area contributed by atoms with Crippen LogP contribution >= 0.6 is 0 Å². The number of anilines is 3. The number of hydrogen-bond donors (Lipinski definition) is 2. The largest absolute Gasteiger partial charge is 0.471 e. The predicted octanol–water partition coefficient (Wildman–Crippen LogP) is 3.96. The molecule has 0 aromatic heterocycles. The summed E-state index contributed by atoms with van der Waals surface area (Å²) in [5.74, 6) is -3.17. The molecule has 1 aliphatic heterocycles. The van der Waals surface area contributed by atoms with Gasteiger partial charge in [0.05, 0.1) is 22.6 Å². The number of nitrogens with zero attached hydrogens (tertiary/aromatic N) is 1. The summed E-state index contributed by atoms with van der Waals surface area (Å²) >= 11 is 0. The molecule has 0 spiro atoms. The minimum absolute atomic E-state index is 0.0143. The molecular weight excluding hydrogens is 387 g/mol. The fourth-order valence-electron chi connectivity index (χ4n) is 3.18. The second-order valence-electron chi connectivity index (χ2n) is 6.48. The first-order chi connectivity index (χ1) is 13.7. The first kappa shape index (κ1) is 20.4. The van der Waals surface area contributed by atoms with Gasteiger partial charge in [-0.15, -0.1) is 0 Å². The van der Waals surface area contributed by atoms with E-state index < -0.39 is 29.9 Å². The Kier molecular flexibility index (Phi) is 5.58. The van der Waals surface area contributed by atoms with Crippen LogP contribution in [0.2, 0.25) is 0 Å². The van der Waals surface area contributed by atoms with Gasteiger partial charge >= 0.3 is 12.1 Å². The van der Waals surface area contributed by atoms with Crippen molar-refractivity contribution in [1.82, 2.24) is 0 Å². The number of amides is 3. The van der Waals surface area contributed by atoms with Crippen LogP contribution in [0.25, 0.3) is 0 Å². The summed E-state index contributed by atoms with van der Waals surface area (Å²) < 4.78 is 38.3. The van der Waals surface area contributed by atoms with E-state index in [2.05, 4.69) is 5.32 Å². The number of carbonyl (C=O) groups is 3. The molecule has 0 fully saturated rings. The molecule has 0 aliphatic carbocycles. The zero-order valence-corrected chi connectivity index (χ0v) is 15.4. The Morgan fingerprint density at radius 1 is 1.10 bits per heavy atom. The average molecular weight is 405 g/mol. The van der Waals surface area contributed by atoms with Gasteiger partial charge in [-0.2, -0.15) is 13.2 Å². The molecule has 2 N–H and O–H groups in total. The molecule has 2 aromatic carbocycles. The van der Waals surface area contributed by atoms with Crippen molar-refractivity contribution < 1.29 is 27.6 Å². The summed E-state index contributed by atoms with van der Waals surface area (Å²) in [4.78, 5) is 38.7. The second kappa shape index (κ2) is 7.94. The van der Waals surface area contributed by atoms with Gasteiger partial charge in [0.2, 0.25) is 5.91 Å². The SMILES string of the molecule is CCCC1C(=O)Nc2ccccc2C(=O)N1c1ccccc1NC(=O)C(F)(F)F. The highest BCUT2D eigenvalue weighted by atomic mass is 19.4. The van der Waals surface area contributed by atoms with Crippen LogP contribution in [0.5, 0.6) is 0 Å². The number of para-hydroxylation sites is 3. The minimum Gasteiger partial charge on any atom is -0.324 e. The van der Waals surface area contributed by atoms with Crippen LogP contribution < -0.4 is 15.5 Å². The Balaban J connectivity index is 2.12. The molecule has 1 unspecified atom stereocenters. The van der Waals surface area contributed by atoms with Crippen molar-refractivity contribution in [3.8, 4) is 0 Å². The fourth-order valence-corrected chi connectivity index (χ4v) is 3.18. The molecule has 1 aliphatic rings. The van der Waals surface area contributed by atoms with Gasteiger partial charge in [-0.1, -0.05) is 37.6 Å². The van der Waals surface area contributed by atoms with Gasteiger partial charge in [0.1, 0.15) is 6.04 Å². The number of nitrogens with one attached hydrogen (secondary N) is 2. The molecule has 0 saturated heterocycles. The van der Waals surface area contributed by atoms with E-state index in [4.69, 9.17) is 0 Å². The lowest BCUT2D eigenvalue weighted by molar-refractivity contribution is -0.167. The lowest BCUT2D eigenvalue weighted by atomic mass is 10.1. The maximum absolute atomic E-state index is 13.3. The van der Waals surface area contributed by atoms with Crippen LogP contribution in [0.1, 0.15) is 30.1 Å². The molecule has 0 bridgehead atoms. The lowest BCUT2D eigenvalue weighted by Gasteiger charge is -2.30. The van der Waals surface area contributed by atoms with Gasteiger partial charge in [-0.25, -0.2) is 0 Å². The third-order valence-electron chi connectivity index (χ3n) is 4.48. The summed E-state index contributed by atoms with van der Waals surface area (Å²) in [5.41, 5.74) is 0.330. The lowest BCUT2D eigenvalue weighted by Crippen LogP contribution is -2.46. The van der Waals surface area contributed by atoms with Gasteiger partial charge in [0.15, 0.2) is 0 Å². The highest BCUT2D eigenvalue weighted by Gasteiger charge is 2.41.